The summed E-state index contributed by atoms with van der Waals surface area (Å²) >= 11 is 0. The van der Waals surface area contributed by atoms with Crippen LogP contribution in [-0.4, -0.2) is 36.1 Å². The third-order valence-electron chi connectivity index (χ3n) is 3.92. The summed E-state index contributed by atoms with van der Waals surface area (Å²) < 4.78 is 0. The van der Waals surface area contributed by atoms with Gasteiger partial charge in [0.1, 0.15) is 0 Å². The molecule has 2 fully saturated rings. The Bertz CT molecular complexity index is 199. The van der Waals surface area contributed by atoms with Crippen molar-refractivity contribution >= 4 is 0 Å². The molecule has 1 heterocycles. The second-order valence-corrected chi connectivity index (χ2v) is 5.70. The van der Waals surface area contributed by atoms with E-state index in [0.717, 1.165) is 18.0 Å². The minimum atomic E-state index is 0.711. The van der Waals surface area contributed by atoms with Crippen molar-refractivity contribution in [2.24, 2.45) is 5.92 Å². The predicted octanol–water partition coefficient (Wildman–Crippen LogP) is 2.25. The van der Waals surface area contributed by atoms with Crippen molar-refractivity contribution in [1.82, 2.24) is 10.2 Å². The SMILES string of the molecule is CCC1CC(NC2CC2)CN(C(C)C)C1. The Morgan fingerprint density at radius 3 is 2.47 bits per heavy atom. The van der Waals surface area contributed by atoms with E-state index in [1.807, 2.05) is 0 Å². The van der Waals surface area contributed by atoms with Gasteiger partial charge in [-0.05, 0) is 39.0 Å². The number of hydrogen-bond donors (Lipinski definition) is 1. The first kappa shape index (κ1) is 11.4. The fourth-order valence-corrected chi connectivity index (χ4v) is 2.66. The number of piperidine rings is 1. The van der Waals surface area contributed by atoms with E-state index in [2.05, 4.69) is 31.0 Å². The van der Waals surface area contributed by atoms with Gasteiger partial charge < -0.3 is 5.32 Å². The summed E-state index contributed by atoms with van der Waals surface area (Å²) in [4.78, 5) is 2.65. The molecule has 0 aromatic carbocycles. The molecular formula is C13H26N2. The predicted molar refractivity (Wildman–Crippen MR) is 65.1 cm³/mol. The normalized spacial score (nSPS) is 33.6. The molecule has 0 spiro atoms. The number of nitrogens with one attached hydrogen (secondary N) is 1. The van der Waals surface area contributed by atoms with Gasteiger partial charge in [-0.1, -0.05) is 13.3 Å². The maximum atomic E-state index is 3.80. The highest BCUT2D eigenvalue weighted by atomic mass is 15.2. The highest BCUT2D eigenvalue weighted by Gasteiger charge is 2.31. The topological polar surface area (TPSA) is 15.3 Å². The Labute approximate surface area is 94.4 Å². The van der Waals surface area contributed by atoms with E-state index in [1.165, 1.54) is 38.8 Å². The van der Waals surface area contributed by atoms with Crippen LogP contribution in [0.4, 0.5) is 0 Å². The van der Waals surface area contributed by atoms with Crippen molar-refractivity contribution in [3.63, 3.8) is 0 Å². The van der Waals surface area contributed by atoms with Gasteiger partial charge in [-0.15, -0.1) is 0 Å². The van der Waals surface area contributed by atoms with Crippen LogP contribution in [0.15, 0.2) is 0 Å². The molecule has 88 valence electrons. The summed E-state index contributed by atoms with van der Waals surface area (Å²) in [6.45, 7) is 9.57. The van der Waals surface area contributed by atoms with Crippen LogP contribution in [0.5, 0.6) is 0 Å². The van der Waals surface area contributed by atoms with Gasteiger partial charge in [-0.3, -0.25) is 4.90 Å². The lowest BCUT2D eigenvalue weighted by Gasteiger charge is -2.40. The minimum absolute atomic E-state index is 0.711. The molecule has 1 N–H and O–H groups in total. The molecule has 15 heavy (non-hydrogen) atoms. The smallest absolute Gasteiger partial charge is 0.0200 e. The molecule has 0 amide bonds. The van der Waals surface area contributed by atoms with Crippen LogP contribution < -0.4 is 5.32 Å². The highest BCUT2D eigenvalue weighted by molar-refractivity contribution is 4.90. The van der Waals surface area contributed by atoms with Crippen molar-refractivity contribution in [2.45, 2.75) is 64.6 Å². The first-order valence-electron chi connectivity index (χ1n) is 6.69. The summed E-state index contributed by atoms with van der Waals surface area (Å²) in [5.74, 6) is 0.914. The van der Waals surface area contributed by atoms with Crippen molar-refractivity contribution in [2.75, 3.05) is 13.1 Å². The van der Waals surface area contributed by atoms with Gasteiger partial charge in [0.15, 0.2) is 0 Å². The molecule has 2 unspecified atom stereocenters. The number of rotatable bonds is 4. The standard InChI is InChI=1S/C13H26N2/c1-4-11-7-13(14-12-5-6-12)9-15(8-11)10(2)3/h10-14H,4-9H2,1-3H3. The molecule has 2 nitrogen and oxygen atoms in total. The van der Waals surface area contributed by atoms with E-state index in [1.54, 1.807) is 0 Å². The Kier molecular flexibility index (Phi) is 3.68. The molecule has 1 aliphatic carbocycles. The van der Waals surface area contributed by atoms with Gasteiger partial charge >= 0.3 is 0 Å². The van der Waals surface area contributed by atoms with Crippen LogP contribution in [0.1, 0.15) is 46.5 Å². The van der Waals surface area contributed by atoms with Gasteiger partial charge in [-0.2, -0.15) is 0 Å². The molecular weight excluding hydrogens is 184 g/mol. The minimum Gasteiger partial charge on any atom is -0.310 e. The van der Waals surface area contributed by atoms with Crippen molar-refractivity contribution in [1.29, 1.82) is 0 Å². The van der Waals surface area contributed by atoms with Gasteiger partial charge in [-0.25, -0.2) is 0 Å². The fourth-order valence-electron chi connectivity index (χ4n) is 2.66. The van der Waals surface area contributed by atoms with Crippen LogP contribution in [-0.2, 0) is 0 Å². The summed E-state index contributed by atoms with van der Waals surface area (Å²) in [5, 5.41) is 3.80. The average Bonchev–Trinajstić information content (AvgIpc) is 3.01. The van der Waals surface area contributed by atoms with Crippen LogP contribution in [0.25, 0.3) is 0 Å². The summed E-state index contributed by atoms with van der Waals surface area (Å²) in [6, 6.07) is 2.33. The molecule has 2 heteroatoms. The second kappa shape index (κ2) is 4.84. The molecule has 0 radical (unpaired) electrons. The van der Waals surface area contributed by atoms with E-state index >= 15 is 0 Å². The quantitative estimate of drug-likeness (QED) is 0.765. The van der Waals surface area contributed by atoms with Crippen LogP contribution >= 0.6 is 0 Å². The van der Waals surface area contributed by atoms with E-state index in [9.17, 15) is 0 Å². The van der Waals surface area contributed by atoms with Crippen LogP contribution in [0.3, 0.4) is 0 Å². The molecule has 2 aliphatic rings. The molecule has 0 aromatic heterocycles. The second-order valence-electron chi connectivity index (χ2n) is 5.70. The van der Waals surface area contributed by atoms with Crippen molar-refractivity contribution < 1.29 is 0 Å². The Balaban J connectivity index is 1.87. The average molecular weight is 210 g/mol. The Morgan fingerprint density at radius 1 is 1.20 bits per heavy atom. The Hall–Kier alpha value is -0.0800. The zero-order valence-electron chi connectivity index (χ0n) is 10.5. The molecule has 2 atom stereocenters. The third-order valence-corrected chi connectivity index (χ3v) is 3.92. The summed E-state index contributed by atoms with van der Waals surface area (Å²) in [5.41, 5.74) is 0. The van der Waals surface area contributed by atoms with E-state index in [0.29, 0.717) is 6.04 Å². The van der Waals surface area contributed by atoms with Crippen LogP contribution in [0.2, 0.25) is 0 Å². The zero-order chi connectivity index (χ0) is 10.8. The van der Waals surface area contributed by atoms with Crippen molar-refractivity contribution in [3.05, 3.63) is 0 Å². The van der Waals surface area contributed by atoms with Crippen LogP contribution in [0, 0.1) is 5.92 Å². The lowest BCUT2D eigenvalue weighted by molar-refractivity contribution is 0.109. The summed E-state index contributed by atoms with van der Waals surface area (Å²) in [7, 11) is 0. The third kappa shape index (κ3) is 3.18. The maximum Gasteiger partial charge on any atom is 0.0200 e. The monoisotopic (exact) mass is 210 g/mol. The first-order valence-corrected chi connectivity index (χ1v) is 6.69. The van der Waals surface area contributed by atoms with Gasteiger partial charge in [0, 0.05) is 31.2 Å². The van der Waals surface area contributed by atoms with E-state index < -0.39 is 0 Å². The Morgan fingerprint density at radius 2 is 1.93 bits per heavy atom. The lowest BCUT2D eigenvalue weighted by atomic mass is 9.91. The molecule has 1 saturated carbocycles. The molecule has 0 bridgehead atoms. The number of hydrogen-bond acceptors (Lipinski definition) is 2. The zero-order valence-corrected chi connectivity index (χ0v) is 10.5. The number of nitrogens with zero attached hydrogens (tertiary/aromatic N) is 1. The number of likely N-dealkylation sites (tertiary alicyclic amines) is 1. The molecule has 1 aliphatic heterocycles. The van der Waals surface area contributed by atoms with Gasteiger partial charge in [0.05, 0.1) is 0 Å². The molecule has 1 saturated heterocycles. The molecule has 0 aromatic rings. The van der Waals surface area contributed by atoms with Crippen molar-refractivity contribution in [3.8, 4) is 0 Å². The highest BCUT2D eigenvalue weighted by Crippen LogP contribution is 2.25. The largest absolute Gasteiger partial charge is 0.310 e. The van der Waals surface area contributed by atoms with Gasteiger partial charge in [0.25, 0.3) is 0 Å². The first-order chi connectivity index (χ1) is 7.19. The van der Waals surface area contributed by atoms with E-state index in [4.69, 9.17) is 0 Å². The maximum absolute atomic E-state index is 3.80. The summed E-state index contributed by atoms with van der Waals surface area (Å²) in [6.07, 6.45) is 5.56. The molecule has 2 rings (SSSR count). The van der Waals surface area contributed by atoms with Gasteiger partial charge in [0.2, 0.25) is 0 Å². The lowest BCUT2D eigenvalue weighted by Crippen LogP contribution is -2.51. The van der Waals surface area contributed by atoms with E-state index in [-0.39, 0.29) is 0 Å². The fraction of sp³-hybridized carbons (Fsp3) is 1.00.